The maximum Gasteiger partial charge on any atom is 0.0642 e. The van der Waals surface area contributed by atoms with E-state index in [1.54, 1.807) is 0 Å². The third-order valence-electron chi connectivity index (χ3n) is 4.88. The Hall–Kier alpha value is -0.730. The lowest BCUT2D eigenvalue weighted by Gasteiger charge is -2.30. The lowest BCUT2D eigenvalue weighted by molar-refractivity contribution is 0.556. The second kappa shape index (κ2) is 4.99. The van der Waals surface area contributed by atoms with Gasteiger partial charge in [-0.05, 0) is 56.7 Å². The third-order valence-corrected chi connectivity index (χ3v) is 5.18. The smallest absolute Gasteiger partial charge is 0.0642 e. The van der Waals surface area contributed by atoms with E-state index < -0.39 is 0 Å². The van der Waals surface area contributed by atoms with Gasteiger partial charge in [0.05, 0.1) is 10.7 Å². The van der Waals surface area contributed by atoms with E-state index >= 15 is 0 Å². The molecule has 0 spiro atoms. The van der Waals surface area contributed by atoms with Crippen molar-refractivity contribution in [2.75, 3.05) is 18.0 Å². The zero-order chi connectivity index (χ0) is 13.5. The molecule has 2 aliphatic rings. The summed E-state index contributed by atoms with van der Waals surface area (Å²) in [5.41, 5.74) is 8.87. The molecule has 0 bridgehead atoms. The molecular weight excluding hydrogens is 256 g/mol. The van der Waals surface area contributed by atoms with Gasteiger partial charge in [0, 0.05) is 24.5 Å². The van der Waals surface area contributed by atoms with Gasteiger partial charge in [-0.1, -0.05) is 17.7 Å². The Kier molecular flexibility index (Phi) is 3.48. The minimum atomic E-state index is 0.198. The molecule has 1 aromatic rings. The molecular formula is C16H23ClN2. The highest BCUT2D eigenvalue weighted by Gasteiger charge is 2.47. The summed E-state index contributed by atoms with van der Waals surface area (Å²) in [6.07, 6.45) is 6.30. The summed E-state index contributed by atoms with van der Waals surface area (Å²) >= 11 is 6.52. The Morgan fingerprint density at radius 2 is 1.89 bits per heavy atom. The first-order valence-electron chi connectivity index (χ1n) is 7.44. The number of rotatable bonds is 3. The van der Waals surface area contributed by atoms with Gasteiger partial charge < -0.3 is 10.6 Å². The average Bonchev–Trinajstić information content (AvgIpc) is 3.21. The van der Waals surface area contributed by atoms with Gasteiger partial charge in [-0.15, -0.1) is 0 Å². The van der Waals surface area contributed by atoms with Crippen LogP contribution in [0.4, 0.5) is 5.69 Å². The summed E-state index contributed by atoms with van der Waals surface area (Å²) in [7, 11) is 0. The molecule has 1 saturated carbocycles. The quantitative estimate of drug-likeness (QED) is 0.913. The predicted octanol–water partition coefficient (Wildman–Crippen LogP) is 3.71. The molecule has 0 radical (unpaired) electrons. The maximum atomic E-state index is 6.52. The topological polar surface area (TPSA) is 29.3 Å². The second-order valence-corrected chi connectivity index (χ2v) is 6.57. The summed E-state index contributed by atoms with van der Waals surface area (Å²) in [6, 6.07) is 6.81. The van der Waals surface area contributed by atoms with Crippen LogP contribution in [0.3, 0.4) is 0 Å². The number of nitrogens with two attached hydrogens (primary N) is 1. The van der Waals surface area contributed by atoms with Crippen LogP contribution < -0.4 is 10.6 Å². The molecule has 104 valence electrons. The zero-order valence-corrected chi connectivity index (χ0v) is 12.4. The highest BCUT2D eigenvalue weighted by Crippen LogP contribution is 2.51. The van der Waals surface area contributed by atoms with Crippen LogP contribution in [0.1, 0.15) is 44.6 Å². The number of hydrogen-bond donors (Lipinski definition) is 1. The van der Waals surface area contributed by atoms with Crippen molar-refractivity contribution in [2.24, 2.45) is 5.73 Å². The average molecular weight is 279 g/mol. The molecule has 1 saturated heterocycles. The van der Waals surface area contributed by atoms with Crippen LogP contribution in [0, 0.1) is 0 Å². The van der Waals surface area contributed by atoms with Crippen molar-refractivity contribution >= 4 is 17.3 Å². The summed E-state index contributed by atoms with van der Waals surface area (Å²) in [5, 5.41) is 0.895. The van der Waals surface area contributed by atoms with Crippen LogP contribution in [0.15, 0.2) is 18.2 Å². The van der Waals surface area contributed by atoms with Crippen LogP contribution in [-0.2, 0) is 5.41 Å². The molecule has 1 aromatic carbocycles. The van der Waals surface area contributed by atoms with Gasteiger partial charge in [-0.2, -0.15) is 0 Å². The van der Waals surface area contributed by atoms with E-state index in [4.69, 9.17) is 17.3 Å². The monoisotopic (exact) mass is 278 g/mol. The Morgan fingerprint density at radius 1 is 1.21 bits per heavy atom. The first kappa shape index (κ1) is 13.3. The Morgan fingerprint density at radius 3 is 2.42 bits per heavy atom. The molecule has 1 aliphatic carbocycles. The van der Waals surface area contributed by atoms with E-state index in [2.05, 4.69) is 30.0 Å². The minimum Gasteiger partial charge on any atom is -0.370 e. The van der Waals surface area contributed by atoms with E-state index in [-0.39, 0.29) is 11.5 Å². The van der Waals surface area contributed by atoms with Gasteiger partial charge in [0.2, 0.25) is 0 Å². The first-order valence-corrected chi connectivity index (χ1v) is 7.82. The Bertz CT molecular complexity index is 460. The molecule has 1 aliphatic heterocycles. The normalized spacial score (nSPS) is 23.2. The van der Waals surface area contributed by atoms with Crippen LogP contribution >= 0.6 is 11.6 Å². The fraction of sp³-hybridized carbons (Fsp3) is 0.625. The van der Waals surface area contributed by atoms with Crippen LogP contribution in [0.25, 0.3) is 0 Å². The van der Waals surface area contributed by atoms with Crippen molar-refractivity contribution in [2.45, 2.75) is 50.5 Å². The fourth-order valence-corrected chi connectivity index (χ4v) is 3.65. The molecule has 1 unspecified atom stereocenters. The molecule has 2 fully saturated rings. The van der Waals surface area contributed by atoms with E-state index in [1.165, 1.54) is 43.4 Å². The van der Waals surface area contributed by atoms with Crippen molar-refractivity contribution in [3.05, 3.63) is 28.8 Å². The van der Waals surface area contributed by atoms with Crippen molar-refractivity contribution in [1.82, 2.24) is 0 Å². The van der Waals surface area contributed by atoms with Gasteiger partial charge >= 0.3 is 0 Å². The van der Waals surface area contributed by atoms with E-state index in [0.717, 1.165) is 18.1 Å². The summed E-state index contributed by atoms with van der Waals surface area (Å²) in [4.78, 5) is 2.42. The number of nitrogens with zero attached hydrogens (tertiary/aromatic N) is 1. The largest absolute Gasteiger partial charge is 0.370 e. The number of anilines is 1. The molecule has 3 rings (SSSR count). The number of benzene rings is 1. The second-order valence-electron chi connectivity index (χ2n) is 6.16. The van der Waals surface area contributed by atoms with E-state index in [1.807, 2.05) is 0 Å². The molecule has 2 nitrogen and oxygen atoms in total. The molecule has 19 heavy (non-hydrogen) atoms. The number of hydrogen-bond acceptors (Lipinski definition) is 2. The summed E-state index contributed by atoms with van der Waals surface area (Å²) < 4.78 is 0. The van der Waals surface area contributed by atoms with Crippen molar-refractivity contribution in [3.63, 3.8) is 0 Å². The van der Waals surface area contributed by atoms with Crippen LogP contribution in [-0.4, -0.2) is 19.1 Å². The lowest BCUT2D eigenvalue weighted by atomic mass is 9.89. The zero-order valence-electron chi connectivity index (χ0n) is 11.7. The minimum absolute atomic E-state index is 0.198. The van der Waals surface area contributed by atoms with Gasteiger partial charge in [0.1, 0.15) is 0 Å². The molecule has 0 aromatic heterocycles. The van der Waals surface area contributed by atoms with Crippen molar-refractivity contribution in [1.29, 1.82) is 0 Å². The maximum absolute atomic E-state index is 6.52. The highest BCUT2D eigenvalue weighted by atomic mass is 35.5. The van der Waals surface area contributed by atoms with Crippen LogP contribution in [0.2, 0.25) is 5.02 Å². The molecule has 0 amide bonds. The first-order chi connectivity index (χ1) is 9.13. The van der Waals surface area contributed by atoms with Gasteiger partial charge in [-0.3, -0.25) is 0 Å². The Balaban J connectivity index is 1.86. The summed E-state index contributed by atoms with van der Waals surface area (Å²) in [5.74, 6) is 0. The third kappa shape index (κ3) is 2.36. The molecule has 1 heterocycles. The van der Waals surface area contributed by atoms with Gasteiger partial charge in [0.15, 0.2) is 0 Å². The van der Waals surface area contributed by atoms with Crippen molar-refractivity contribution in [3.8, 4) is 0 Å². The standard InChI is InChI=1S/C16H23ClN2/c1-12(18)16(7-8-16)13-5-6-15(14(17)11-13)19-9-3-2-4-10-19/h5-6,11-12H,2-4,7-10,18H2,1H3. The van der Waals surface area contributed by atoms with Gasteiger partial charge in [0.25, 0.3) is 0 Å². The molecule has 1 atom stereocenters. The fourth-order valence-electron chi connectivity index (χ4n) is 3.35. The van der Waals surface area contributed by atoms with Gasteiger partial charge in [-0.25, -0.2) is 0 Å². The number of halogens is 1. The summed E-state index contributed by atoms with van der Waals surface area (Å²) in [6.45, 7) is 4.38. The molecule has 2 N–H and O–H groups in total. The lowest BCUT2D eigenvalue weighted by Crippen LogP contribution is -2.32. The van der Waals surface area contributed by atoms with E-state index in [9.17, 15) is 0 Å². The van der Waals surface area contributed by atoms with E-state index in [0.29, 0.717) is 0 Å². The Labute approximate surface area is 120 Å². The van der Waals surface area contributed by atoms with Crippen LogP contribution in [0.5, 0.6) is 0 Å². The van der Waals surface area contributed by atoms with Crippen molar-refractivity contribution < 1.29 is 0 Å². The predicted molar refractivity (Wildman–Crippen MR) is 82.1 cm³/mol. The SMILES string of the molecule is CC(N)C1(c2ccc(N3CCCCC3)c(Cl)c2)CC1. The highest BCUT2D eigenvalue weighted by molar-refractivity contribution is 6.33. The molecule has 3 heteroatoms. The number of piperidine rings is 1.